The van der Waals surface area contributed by atoms with Crippen LogP contribution in [0.2, 0.25) is 0 Å². The van der Waals surface area contributed by atoms with E-state index in [2.05, 4.69) is 10.6 Å². The van der Waals surface area contributed by atoms with Crippen molar-refractivity contribution in [3.05, 3.63) is 35.4 Å². The lowest BCUT2D eigenvalue weighted by Gasteiger charge is -2.21. The molecule has 3 N–H and O–H groups in total. The van der Waals surface area contributed by atoms with Crippen molar-refractivity contribution in [3.63, 3.8) is 0 Å². The molecule has 132 valence electrons. The maximum Gasteiger partial charge on any atom is 0.401 e. The quantitative estimate of drug-likeness (QED) is 0.781. The number of urea groups is 1. The van der Waals surface area contributed by atoms with E-state index in [1.54, 1.807) is 0 Å². The number of aliphatic hydroxyl groups excluding tert-OH is 1. The third-order valence-electron chi connectivity index (χ3n) is 4.52. The van der Waals surface area contributed by atoms with Crippen LogP contribution < -0.4 is 10.6 Å². The van der Waals surface area contributed by atoms with Gasteiger partial charge in [0.1, 0.15) is 0 Å². The SMILES string of the molecule is O=C(NC1CCN(CC(F)(F)F)C1)N[C@H]1Cc2ccccc2[C@@H]1O. The predicted molar refractivity (Wildman–Crippen MR) is 81.5 cm³/mol. The van der Waals surface area contributed by atoms with E-state index >= 15 is 0 Å². The molecule has 3 rings (SSSR count). The maximum absolute atomic E-state index is 12.4. The smallest absolute Gasteiger partial charge is 0.386 e. The molecule has 0 spiro atoms. The van der Waals surface area contributed by atoms with Crippen molar-refractivity contribution < 1.29 is 23.1 Å². The Kier molecular flexibility index (Phi) is 4.69. The van der Waals surface area contributed by atoms with Crippen LogP contribution in [0.5, 0.6) is 0 Å². The number of fused-ring (bicyclic) bond motifs is 1. The Labute approximate surface area is 137 Å². The Morgan fingerprint density at radius 3 is 2.75 bits per heavy atom. The topological polar surface area (TPSA) is 64.6 Å². The van der Waals surface area contributed by atoms with Crippen LogP contribution in [0.3, 0.4) is 0 Å². The Balaban J connectivity index is 1.47. The number of carbonyl (C=O) groups excluding carboxylic acids is 1. The van der Waals surface area contributed by atoms with E-state index in [4.69, 9.17) is 0 Å². The molecular formula is C16H20F3N3O2. The first-order valence-corrected chi connectivity index (χ1v) is 7.94. The van der Waals surface area contributed by atoms with Crippen molar-refractivity contribution in [2.45, 2.75) is 37.2 Å². The van der Waals surface area contributed by atoms with Crippen LogP contribution in [-0.4, -0.2) is 53.9 Å². The van der Waals surface area contributed by atoms with Gasteiger partial charge in [0.05, 0.1) is 18.7 Å². The highest BCUT2D eigenvalue weighted by Crippen LogP contribution is 2.31. The second-order valence-corrected chi connectivity index (χ2v) is 6.41. The van der Waals surface area contributed by atoms with Crippen molar-refractivity contribution in [1.29, 1.82) is 0 Å². The Morgan fingerprint density at radius 2 is 2.04 bits per heavy atom. The fraction of sp³-hybridized carbons (Fsp3) is 0.562. The molecule has 1 fully saturated rings. The molecule has 2 amide bonds. The minimum absolute atomic E-state index is 0.181. The summed E-state index contributed by atoms with van der Waals surface area (Å²) < 4.78 is 37.1. The van der Waals surface area contributed by atoms with Gasteiger partial charge in [0.2, 0.25) is 0 Å². The molecular weight excluding hydrogens is 323 g/mol. The van der Waals surface area contributed by atoms with Crippen molar-refractivity contribution in [1.82, 2.24) is 15.5 Å². The van der Waals surface area contributed by atoms with Crippen LogP contribution in [0.4, 0.5) is 18.0 Å². The molecule has 3 atom stereocenters. The summed E-state index contributed by atoms with van der Waals surface area (Å²) in [6, 6.07) is 6.25. The molecule has 24 heavy (non-hydrogen) atoms. The molecule has 1 unspecified atom stereocenters. The molecule has 0 saturated carbocycles. The molecule has 0 bridgehead atoms. The van der Waals surface area contributed by atoms with Gasteiger partial charge in [0, 0.05) is 19.1 Å². The Morgan fingerprint density at radius 1 is 1.29 bits per heavy atom. The van der Waals surface area contributed by atoms with Gasteiger partial charge in [-0.3, -0.25) is 4.90 Å². The van der Waals surface area contributed by atoms with Gasteiger partial charge in [-0.15, -0.1) is 0 Å². The summed E-state index contributed by atoms with van der Waals surface area (Å²) in [6.45, 7) is -0.466. The van der Waals surface area contributed by atoms with Gasteiger partial charge in [-0.05, 0) is 24.0 Å². The Bertz CT molecular complexity index is 608. The predicted octanol–water partition coefficient (Wildman–Crippen LogP) is 1.58. The van der Waals surface area contributed by atoms with Gasteiger partial charge in [0.25, 0.3) is 0 Å². The van der Waals surface area contributed by atoms with E-state index in [0.29, 0.717) is 19.4 Å². The molecule has 1 aliphatic heterocycles. The molecule has 5 nitrogen and oxygen atoms in total. The molecule has 1 heterocycles. The van der Waals surface area contributed by atoms with E-state index in [9.17, 15) is 23.1 Å². The lowest BCUT2D eigenvalue weighted by Crippen LogP contribution is -2.48. The zero-order chi connectivity index (χ0) is 17.3. The number of rotatable bonds is 3. The summed E-state index contributed by atoms with van der Waals surface area (Å²) in [5, 5.41) is 15.7. The van der Waals surface area contributed by atoms with Gasteiger partial charge in [-0.2, -0.15) is 13.2 Å². The van der Waals surface area contributed by atoms with Gasteiger partial charge in [-0.1, -0.05) is 24.3 Å². The van der Waals surface area contributed by atoms with Crippen molar-refractivity contribution in [2.24, 2.45) is 0 Å². The van der Waals surface area contributed by atoms with Crippen LogP contribution in [0.25, 0.3) is 0 Å². The summed E-state index contributed by atoms with van der Waals surface area (Å²) in [4.78, 5) is 13.4. The number of aliphatic hydroxyl groups is 1. The molecule has 1 aliphatic carbocycles. The number of hydrogen-bond acceptors (Lipinski definition) is 3. The van der Waals surface area contributed by atoms with Crippen molar-refractivity contribution in [2.75, 3.05) is 19.6 Å². The second kappa shape index (κ2) is 6.60. The molecule has 1 aromatic carbocycles. The molecule has 0 aromatic heterocycles. The van der Waals surface area contributed by atoms with Crippen LogP contribution in [-0.2, 0) is 6.42 Å². The highest BCUT2D eigenvalue weighted by atomic mass is 19.4. The summed E-state index contributed by atoms with van der Waals surface area (Å²) in [7, 11) is 0. The van der Waals surface area contributed by atoms with Gasteiger partial charge in [0.15, 0.2) is 0 Å². The first kappa shape index (κ1) is 17.0. The summed E-state index contributed by atoms with van der Waals surface area (Å²) >= 11 is 0. The minimum atomic E-state index is -4.23. The number of nitrogens with zero attached hydrogens (tertiary/aromatic N) is 1. The van der Waals surface area contributed by atoms with E-state index in [-0.39, 0.29) is 12.6 Å². The monoisotopic (exact) mass is 343 g/mol. The number of hydrogen-bond donors (Lipinski definition) is 3. The Hall–Kier alpha value is -1.80. The lowest BCUT2D eigenvalue weighted by atomic mass is 10.1. The van der Waals surface area contributed by atoms with E-state index < -0.39 is 30.9 Å². The molecule has 1 aromatic rings. The van der Waals surface area contributed by atoms with Crippen LogP contribution in [0, 0.1) is 0 Å². The number of amides is 2. The van der Waals surface area contributed by atoms with Crippen LogP contribution in [0.1, 0.15) is 23.7 Å². The largest absolute Gasteiger partial charge is 0.401 e. The van der Waals surface area contributed by atoms with Gasteiger partial charge < -0.3 is 15.7 Å². The summed E-state index contributed by atoms with van der Waals surface area (Å²) in [5.41, 5.74) is 1.80. The zero-order valence-corrected chi connectivity index (χ0v) is 13.0. The van der Waals surface area contributed by atoms with E-state index in [1.807, 2.05) is 24.3 Å². The highest BCUT2D eigenvalue weighted by molar-refractivity contribution is 5.75. The number of halogens is 3. The van der Waals surface area contributed by atoms with E-state index in [1.165, 1.54) is 4.90 Å². The average Bonchev–Trinajstić information content (AvgIpc) is 3.03. The maximum atomic E-state index is 12.4. The minimum Gasteiger partial charge on any atom is -0.386 e. The normalized spacial score (nSPS) is 27.1. The van der Waals surface area contributed by atoms with Crippen molar-refractivity contribution >= 4 is 6.03 Å². The molecule has 1 saturated heterocycles. The number of alkyl halides is 3. The summed E-state index contributed by atoms with van der Waals surface area (Å²) in [6.07, 6.45) is -3.97. The number of benzene rings is 1. The first-order valence-electron chi connectivity index (χ1n) is 7.94. The third kappa shape index (κ3) is 3.99. The third-order valence-corrected chi connectivity index (χ3v) is 4.52. The van der Waals surface area contributed by atoms with Gasteiger partial charge >= 0.3 is 12.2 Å². The summed E-state index contributed by atoms with van der Waals surface area (Å²) in [5.74, 6) is 0. The van der Waals surface area contributed by atoms with Gasteiger partial charge in [-0.25, -0.2) is 4.79 Å². The first-order chi connectivity index (χ1) is 11.3. The zero-order valence-electron chi connectivity index (χ0n) is 13.0. The fourth-order valence-electron chi connectivity index (χ4n) is 3.45. The second-order valence-electron chi connectivity index (χ2n) is 6.41. The fourth-order valence-corrected chi connectivity index (χ4v) is 3.45. The standard InChI is InChI=1S/C16H20F3N3O2/c17-16(18,19)9-22-6-5-11(8-22)20-15(24)21-13-7-10-3-1-2-4-12(10)14(13)23/h1-4,11,13-14,23H,5-9H2,(H2,20,21,24)/t11?,13-,14-/m0/s1. The molecule has 8 heteroatoms. The lowest BCUT2D eigenvalue weighted by molar-refractivity contribution is -0.143. The molecule has 2 aliphatic rings. The number of carbonyl (C=O) groups is 1. The average molecular weight is 343 g/mol. The number of likely N-dealkylation sites (tertiary alicyclic amines) is 1. The highest BCUT2D eigenvalue weighted by Gasteiger charge is 2.35. The number of nitrogens with one attached hydrogen (secondary N) is 2. The van der Waals surface area contributed by atoms with Crippen molar-refractivity contribution in [3.8, 4) is 0 Å². The molecule has 0 radical (unpaired) electrons. The van der Waals surface area contributed by atoms with Crippen LogP contribution in [0.15, 0.2) is 24.3 Å². The van der Waals surface area contributed by atoms with Crippen LogP contribution >= 0.6 is 0 Å². The van der Waals surface area contributed by atoms with E-state index in [0.717, 1.165) is 11.1 Å².